The van der Waals surface area contributed by atoms with Gasteiger partial charge in [0.25, 0.3) is 0 Å². The van der Waals surface area contributed by atoms with Gasteiger partial charge in [0.05, 0.1) is 5.54 Å². The molecule has 104 valence electrons. The molecule has 4 heteroatoms. The monoisotopic (exact) mass is 253 g/mol. The van der Waals surface area contributed by atoms with Gasteiger partial charge in [-0.15, -0.1) is 0 Å². The summed E-state index contributed by atoms with van der Waals surface area (Å²) in [7, 11) is 1.86. The third kappa shape index (κ3) is 2.28. The zero-order valence-electron chi connectivity index (χ0n) is 11.9. The van der Waals surface area contributed by atoms with E-state index in [0.29, 0.717) is 18.0 Å². The Morgan fingerprint density at radius 2 is 2.17 bits per heavy atom. The van der Waals surface area contributed by atoms with E-state index < -0.39 is 5.54 Å². The molecule has 4 nitrogen and oxygen atoms in total. The molecule has 1 saturated heterocycles. The molecule has 3 unspecified atom stereocenters. The van der Waals surface area contributed by atoms with Crippen molar-refractivity contribution in [3.8, 4) is 0 Å². The minimum absolute atomic E-state index is 0.187. The summed E-state index contributed by atoms with van der Waals surface area (Å²) in [6.07, 6.45) is 5.44. The Hall–Kier alpha value is -0.610. The van der Waals surface area contributed by atoms with Gasteiger partial charge in [0.15, 0.2) is 0 Å². The highest BCUT2D eigenvalue weighted by atomic mass is 16.1. The van der Waals surface area contributed by atoms with Crippen LogP contribution in [-0.2, 0) is 4.79 Å². The maximum absolute atomic E-state index is 11.7. The number of nitrogens with one attached hydrogen (secondary N) is 1. The third-order valence-corrected chi connectivity index (χ3v) is 5.02. The van der Waals surface area contributed by atoms with Gasteiger partial charge in [-0.3, -0.25) is 9.69 Å². The van der Waals surface area contributed by atoms with Gasteiger partial charge in [0.2, 0.25) is 5.91 Å². The zero-order chi connectivity index (χ0) is 13.3. The summed E-state index contributed by atoms with van der Waals surface area (Å²) in [4.78, 5) is 14.3. The quantitative estimate of drug-likeness (QED) is 0.789. The van der Waals surface area contributed by atoms with Gasteiger partial charge < -0.3 is 11.1 Å². The van der Waals surface area contributed by atoms with E-state index >= 15 is 0 Å². The minimum Gasteiger partial charge on any atom is -0.368 e. The second-order valence-corrected chi connectivity index (χ2v) is 6.28. The molecule has 1 saturated carbocycles. The van der Waals surface area contributed by atoms with E-state index in [1.807, 2.05) is 7.05 Å². The van der Waals surface area contributed by atoms with E-state index in [9.17, 15) is 4.79 Å². The van der Waals surface area contributed by atoms with Crippen LogP contribution >= 0.6 is 0 Å². The van der Waals surface area contributed by atoms with Crippen LogP contribution in [0.3, 0.4) is 0 Å². The van der Waals surface area contributed by atoms with Crippen LogP contribution in [0.1, 0.15) is 46.0 Å². The summed E-state index contributed by atoms with van der Waals surface area (Å²) < 4.78 is 0. The molecule has 0 aromatic heterocycles. The molecule has 1 aliphatic heterocycles. The first kappa shape index (κ1) is 13.8. The molecule has 0 spiro atoms. The number of carbonyl (C=O) groups excluding carboxylic acids is 1. The maximum Gasteiger partial charge on any atom is 0.237 e. The molecule has 18 heavy (non-hydrogen) atoms. The maximum atomic E-state index is 11.7. The van der Waals surface area contributed by atoms with Gasteiger partial charge in [-0.25, -0.2) is 0 Å². The van der Waals surface area contributed by atoms with E-state index in [1.54, 1.807) is 0 Å². The number of likely N-dealkylation sites (tertiary alicyclic amines) is 1. The fourth-order valence-electron chi connectivity index (χ4n) is 3.86. The van der Waals surface area contributed by atoms with Crippen LogP contribution in [0.2, 0.25) is 0 Å². The summed E-state index contributed by atoms with van der Waals surface area (Å²) in [5, 5.41) is 3.17. The van der Waals surface area contributed by atoms with Crippen LogP contribution in [0.25, 0.3) is 0 Å². The topological polar surface area (TPSA) is 58.4 Å². The first-order chi connectivity index (χ1) is 8.50. The van der Waals surface area contributed by atoms with Gasteiger partial charge >= 0.3 is 0 Å². The molecular formula is C14H27N3O. The molecule has 0 aromatic rings. The lowest BCUT2D eigenvalue weighted by Crippen LogP contribution is -2.53. The molecule has 0 aromatic carbocycles. The molecule has 1 aliphatic carbocycles. The number of amides is 1. The number of nitrogens with zero attached hydrogens (tertiary/aromatic N) is 1. The number of primary amides is 1. The summed E-state index contributed by atoms with van der Waals surface area (Å²) in [5.74, 6) is 0.512. The number of carbonyl (C=O) groups is 1. The lowest BCUT2D eigenvalue weighted by molar-refractivity contribution is -0.124. The van der Waals surface area contributed by atoms with Crippen molar-refractivity contribution < 1.29 is 4.79 Å². The second-order valence-electron chi connectivity index (χ2n) is 6.28. The largest absolute Gasteiger partial charge is 0.368 e. The summed E-state index contributed by atoms with van der Waals surface area (Å²) >= 11 is 0. The van der Waals surface area contributed by atoms with Crippen LogP contribution in [-0.4, -0.2) is 42.0 Å². The SMILES string of the molecule is CNC1(C(N)=O)CCC(N2CCCC2C(C)C)C1. The van der Waals surface area contributed by atoms with Crippen molar-refractivity contribution in [3.63, 3.8) is 0 Å². The van der Waals surface area contributed by atoms with Gasteiger partial charge in [-0.1, -0.05) is 13.8 Å². The number of rotatable bonds is 4. The first-order valence-electron chi connectivity index (χ1n) is 7.25. The average Bonchev–Trinajstić information content (AvgIpc) is 2.96. The minimum atomic E-state index is -0.464. The lowest BCUT2D eigenvalue weighted by atomic mass is 9.96. The fraction of sp³-hybridized carbons (Fsp3) is 0.929. The van der Waals surface area contributed by atoms with Crippen LogP contribution in [0.5, 0.6) is 0 Å². The van der Waals surface area contributed by atoms with E-state index in [-0.39, 0.29) is 5.91 Å². The summed E-state index contributed by atoms with van der Waals surface area (Å²) in [6, 6.07) is 1.22. The smallest absolute Gasteiger partial charge is 0.237 e. The number of hydrogen-bond donors (Lipinski definition) is 2. The van der Waals surface area contributed by atoms with Crippen LogP contribution in [0.4, 0.5) is 0 Å². The molecule has 1 amide bonds. The number of hydrogen-bond acceptors (Lipinski definition) is 3. The summed E-state index contributed by atoms with van der Waals surface area (Å²) in [5.41, 5.74) is 5.12. The Morgan fingerprint density at radius 3 is 2.67 bits per heavy atom. The number of likely N-dealkylation sites (N-methyl/N-ethyl adjacent to an activating group) is 1. The van der Waals surface area contributed by atoms with E-state index in [4.69, 9.17) is 5.73 Å². The van der Waals surface area contributed by atoms with E-state index in [1.165, 1.54) is 19.4 Å². The molecule has 1 heterocycles. The summed E-state index contributed by atoms with van der Waals surface area (Å²) in [6.45, 7) is 5.79. The highest BCUT2D eigenvalue weighted by Crippen LogP contribution is 2.37. The average molecular weight is 253 g/mol. The third-order valence-electron chi connectivity index (χ3n) is 5.02. The standard InChI is InChI=1S/C14H27N3O/c1-10(2)12-5-4-8-17(12)11-6-7-14(9-11,16-3)13(15)18/h10-12,16H,4-9H2,1-3H3,(H2,15,18). The van der Waals surface area contributed by atoms with Crippen molar-refractivity contribution in [2.45, 2.75) is 63.6 Å². The highest BCUT2D eigenvalue weighted by molar-refractivity contribution is 5.85. The highest BCUT2D eigenvalue weighted by Gasteiger charge is 2.46. The predicted octanol–water partition coefficient (Wildman–Crippen LogP) is 1.10. The van der Waals surface area contributed by atoms with Crippen molar-refractivity contribution in [1.29, 1.82) is 0 Å². The van der Waals surface area contributed by atoms with Crippen molar-refractivity contribution in [1.82, 2.24) is 10.2 Å². The van der Waals surface area contributed by atoms with Gasteiger partial charge in [0.1, 0.15) is 0 Å². The normalized spacial score (nSPS) is 37.6. The number of nitrogens with two attached hydrogens (primary N) is 1. The zero-order valence-corrected chi connectivity index (χ0v) is 11.9. The van der Waals surface area contributed by atoms with Crippen LogP contribution < -0.4 is 11.1 Å². The lowest BCUT2D eigenvalue weighted by Gasteiger charge is -2.34. The Balaban J connectivity index is 2.06. The van der Waals surface area contributed by atoms with Gasteiger partial charge in [0, 0.05) is 12.1 Å². The van der Waals surface area contributed by atoms with E-state index in [0.717, 1.165) is 19.3 Å². The second kappa shape index (κ2) is 5.17. The molecule has 2 aliphatic rings. The van der Waals surface area contributed by atoms with Crippen molar-refractivity contribution >= 4 is 5.91 Å². The van der Waals surface area contributed by atoms with E-state index in [2.05, 4.69) is 24.1 Å². The van der Waals surface area contributed by atoms with Crippen molar-refractivity contribution in [2.75, 3.05) is 13.6 Å². The molecule has 0 radical (unpaired) electrons. The predicted molar refractivity (Wildman–Crippen MR) is 73.2 cm³/mol. The fourth-order valence-corrected chi connectivity index (χ4v) is 3.86. The van der Waals surface area contributed by atoms with Crippen LogP contribution in [0.15, 0.2) is 0 Å². The van der Waals surface area contributed by atoms with Crippen molar-refractivity contribution in [3.05, 3.63) is 0 Å². The van der Waals surface area contributed by atoms with Crippen LogP contribution in [0, 0.1) is 5.92 Å². The molecule has 2 fully saturated rings. The Labute approximate surface area is 110 Å². The van der Waals surface area contributed by atoms with Gasteiger partial charge in [-0.2, -0.15) is 0 Å². The Kier molecular flexibility index (Phi) is 3.97. The Morgan fingerprint density at radius 1 is 1.44 bits per heavy atom. The van der Waals surface area contributed by atoms with Crippen molar-refractivity contribution in [2.24, 2.45) is 11.7 Å². The molecule has 0 bridgehead atoms. The molecule has 2 rings (SSSR count). The first-order valence-corrected chi connectivity index (χ1v) is 7.25. The Bertz CT molecular complexity index is 318. The molecule has 3 N–H and O–H groups in total. The molecule has 3 atom stereocenters. The molecular weight excluding hydrogens is 226 g/mol. The van der Waals surface area contributed by atoms with Gasteiger partial charge in [-0.05, 0) is 51.6 Å².